The van der Waals surface area contributed by atoms with E-state index in [0.29, 0.717) is 11.6 Å². The molecule has 0 radical (unpaired) electrons. The minimum Gasteiger partial charge on any atom is -0.352 e. The van der Waals surface area contributed by atoms with Crippen molar-refractivity contribution in [2.45, 2.75) is 57.7 Å². The van der Waals surface area contributed by atoms with Crippen LogP contribution in [0.1, 0.15) is 51.1 Å². The Labute approximate surface area is 120 Å². The summed E-state index contributed by atoms with van der Waals surface area (Å²) in [5, 5.41) is 6.21. The molecule has 0 bridgehead atoms. The molecule has 2 rings (SSSR count). The Bertz CT molecular complexity index is 458. The first-order valence-corrected chi connectivity index (χ1v) is 7.39. The van der Waals surface area contributed by atoms with Gasteiger partial charge in [0.2, 0.25) is 5.91 Å². The first kappa shape index (κ1) is 15.0. The molecule has 2 unspecified atom stereocenters. The molecule has 0 aromatic heterocycles. The van der Waals surface area contributed by atoms with E-state index in [1.54, 1.807) is 18.2 Å². The highest BCUT2D eigenvalue weighted by molar-refractivity contribution is 5.81. The number of halogens is 1. The van der Waals surface area contributed by atoms with Crippen molar-refractivity contribution in [3.8, 4) is 0 Å². The van der Waals surface area contributed by atoms with Crippen molar-refractivity contribution < 1.29 is 9.18 Å². The van der Waals surface area contributed by atoms with Gasteiger partial charge in [0, 0.05) is 17.6 Å². The summed E-state index contributed by atoms with van der Waals surface area (Å²) in [6.45, 7) is 3.69. The summed E-state index contributed by atoms with van der Waals surface area (Å²) < 4.78 is 13.7. The second-order valence-electron chi connectivity index (χ2n) is 5.62. The van der Waals surface area contributed by atoms with Gasteiger partial charge in [0.1, 0.15) is 5.82 Å². The highest BCUT2D eigenvalue weighted by Gasteiger charge is 2.22. The summed E-state index contributed by atoms with van der Waals surface area (Å²) in [6, 6.07) is 6.45. The van der Waals surface area contributed by atoms with Gasteiger partial charge in [0.25, 0.3) is 0 Å². The number of hydrogen-bond acceptors (Lipinski definition) is 2. The zero-order valence-corrected chi connectivity index (χ0v) is 12.2. The van der Waals surface area contributed by atoms with Crippen LogP contribution in [0.4, 0.5) is 4.39 Å². The fraction of sp³-hybridized carbons (Fsp3) is 0.562. The number of nitrogens with one attached hydrogen (secondary N) is 2. The predicted octanol–water partition coefficient (Wildman–Crippen LogP) is 2.92. The Morgan fingerprint density at radius 2 is 1.90 bits per heavy atom. The monoisotopic (exact) mass is 278 g/mol. The first-order chi connectivity index (χ1) is 9.58. The third kappa shape index (κ3) is 3.79. The highest BCUT2D eigenvalue weighted by Crippen LogP contribution is 2.19. The second kappa shape index (κ2) is 6.84. The molecule has 0 aliphatic heterocycles. The minimum absolute atomic E-state index is 0.0000827. The molecule has 2 N–H and O–H groups in total. The van der Waals surface area contributed by atoms with Crippen LogP contribution >= 0.6 is 0 Å². The van der Waals surface area contributed by atoms with Crippen LogP contribution in [0.3, 0.4) is 0 Å². The normalized spacial score (nSPS) is 18.8. The van der Waals surface area contributed by atoms with E-state index in [1.807, 2.05) is 13.8 Å². The average molecular weight is 278 g/mol. The highest BCUT2D eigenvalue weighted by atomic mass is 19.1. The lowest BCUT2D eigenvalue weighted by atomic mass is 10.1. The Morgan fingerprint density at radius 3 is 2.55 bits per heavy atom. The van der Waals surface area contributed by atoms with Crippen LogP contribution in [-0.4, -0.2) is 18.0 Å². The summed E-state index contributed by atoms with van der Waals surface area (Å²) in [6.07, 6.45) is 4.53. The molecule has 1 aliphatic carbocycles. The molecule has 1 aliphatic rings. The van der Waals surface area contributed by atoms with Crippen molar-refractivity contribution >= 4 is 5.91 Å². The van der Waals surface area contributed by atoms with E-state index >= 15 is 0 Å². The molecule has 1 aromatic carbocycles. The Morgan fingerprint density at radius 1 is 1.25 bits per heavy atom. The third-order valence-electron chi connectivity index (χ3n) is 3.97. The maximum Gasteiger partial charge on any atom is 0.237 e. The van der Waals surface area contributed by atoms with Crippen LogP contribution in [0, 0.1) is 5.82 Å². The van der Waals surface area contributed by atoms with Gasteiger partial charge in [-0.1, -0.05) is 31.0 Å². The van der Waals surface area contributed by atoms with E-state index in [4.69, 9.17) is 0 Å². The van der Waals surface area contributed by atoms with Gasteiger partial charge in [-0.3, -0.25) is 10.1 Å². The van der Waals surface area contributed by atoms with Gasteiger partial charge < -0.3 is 5.32 Å². The first-order valence-electron chi connectivity index (χ1n) is 7.39. The SMILES string of the molecule is CC(NC(C)c1ccccc1F)C(=O)NC1CCCC1. The maximum atomic E-state index is 13.7. The molecule has 1 saturated carbocycles. The van der Waals surface area contributed by atoms with Gasteiger partial charge in [0.15, 0.2) is 0 Å². The van der Waals surface area contributed by atoms with Crippen molar-refractivity contribution in [1.29, 1.82) is 0 Å². The third-order valence-corrected chi connectivity index (χ3v) is 3.97. The van der Waals surface area contributed by atoms with E-state index in [0.717, 1.165) is 12.8 Å². The summed E-state index contributed by atoms with van der Waals surface area (Å²) in [7, 11) is 0. The fourth-order valence-electron chi connectivity index (χ4n) is 2.76. The number of carbonyl (C=O) groups is 1. The molecule has 0 heterocycles. The van der Waals surface area contributed by atoms with Crippen LogP contribution in [0.15, 0.2) is 24.3 Å². The van der Waals surface area contributed by atoms with Crippen LogP contribution < -0.4 is 10.6 Å². The topological polar surface area (TPSA) is 41.1 Å². The molecular weight excluding hydrogens is 255 g/mol. The fourth-order valence-corrected chi connectivity index (χ4v) is 2.76. The lowest BCUT2D eigenvalue weighted by Crippen LogP contribution is -2.46. The standard InChI is InChI=1S/C16H23FN2O/c1-11(14-9-5-6-10-15(14)17)18-12(2)16(20)19-13-7-3-4-8-13/h5-6,9-13,18H,3-4,7-8H2,1-2H3,(H,19,20). The number of benzene rings is 1. The predicted molar refractivity (Wildman–Crippen MR) is 77.8 cm³/mol. The Hall–Kier alpha value is -1.42. The van der Waals surface area contributed by atoms with Gasteiger partial charge in [-0.2, -0.15) is 0 Å². The van der Waals surface area contributed by atoms with Gasteiger partial charge in [-0.25, -0.2) is 4.39 Å². The van der Waals surface area contributed by atoms with Gasteiger partial charge in [0.05, 0.1) is 6.04 Å². The molecule has 2 atom stereocenters. The van der Waals surface area contributed by atoms with Crippen molar-refractivity contribution in [3.05, 3.63) is 35.6 Å². The number of carbonyl (C=O) groups excluding carboxylic acids is 1. The van der Waals surface area contributed by atoms with Crippen molar-refractivity contribution in [2.24, 2.45) is 0 Å². The molecule has 0 spiro atoms. The van der Waals surface area contributed by atoms with Crippen LogP contribution in [0.2, 0.25) is 0 Å². The van der Waals surface area contributed by atoms with Crippen molar-refractivity contribution in [3.63, 3.8) is 0 Å². The van der Waals surface area contributed by atoms with E-state index in [9.17, 15) is 9.18 Å². The number of hydrogen-bond donors (Lipinski definition) is 2. The number of rotatable bonds is 5. The Kier molecular flexibility index (Phi) is 5.12. The Balaban J connectivity index is 1.88. The largest absolute Gasteiger partial charge is 0.352 e. The summed E-state index contributed by atoms with van der Waals surface area (Å²) in [5.41, 5.74) is 0.591. The van der Waals surface area contributed by atoms with E-state index < -0.39 is 0 Å². The second-order valence-corrected chi connectivity index (χ2v) is 5.62. The van der Waals surface area contributed by atoms with E-state index in [-0.39, 0.29) is 23.8 Å². The van der Waals surface area contributed by atoms with Crippen LogP contribution in [0.5, 0.6) is 0 Å². The van der Waals surface area contributed by atoms with E-state index in [2.05, 4.69) is 10.6 Å². The zero-order chi connectivity index (χ0) is 14.5. The van der Waals surface area contributed by atoms with Gasteiger partial charge in [-0.15, -0.1) is 0 Å². The lowest BCUT2D eigenvalue weighted by Gasteiger charge is -2.22. The minimum atomic E-state index is -0.329. The molecule has 4 heteroatoms. The molecule has 1 fully saturated rings. The molecule has 1 amide bonds. The summed E-state index contributed by atoms with van der Waals surface area (Å²) in [5.74, 6) is -0.240. The van der Waals surface area contributed by atoms with Gasteiger partial charge >= 0.3 is 0 Å². The van der Waals surface area contributed by atoms with Crippen LogP contribution in [-0.2, 0) is 4.79 Å². The molecule has 3 nitrogen and oxygen atoms in total. The maximum absolute atomic E-state index is 13.7. The van der Waals surface area contributed by atoms with Crippen molar-refractivity contribution in [2.75, 3.05) is 0 Å². The lowest BCUT2D eigenvalue weighted by molar-refractivity contribution is -0.123. The summed E-state index contributed by atoms with van der Waals surface area (Å²) in [4.78, 5) is 12.1. The van der Waals surface area contributed by atoms with E-state index in [1.165, 1.54) is 18.9 Å². The van der Waals surface area contributed by atoms with Crippen molar-refractivity contribution in [1.82, 2.24) is 10.6 Å². The molecule has 110 valence electrons. The molecular formula is C16H23FN2O. The quantitative estimate of drug-likeness (QED) is 0.869. The zero-order valence-electron chi connectivity index (χ0n) is 12.2. The summed E-state index contributed by atoms with van der Waals surface area (Å²) >= 11 is 0. The molecule has 20 heavy (non-hydrogen) atoms. The molecule has 0 saturated heterocycles. The van der Waals surface area contributed by atoms with Gasteiger partial charge in [-0.05, 0) is 32.8 Å². The average Bonchev–Trinajstić information content (AvgIpc) is 2.91. The number of amides is 1. The van der Waals surface area contributed by atoms with Crippen LogP contribution in [0.25, 0.3) is 0 Å². The smallest absolute Gasteiger partial charge is 0.237 e. The molecule has 1 aromatic rings.